The maximum absolute atomic E-state index is 8.18. The van der Waals surface area contributed by atoms with Gasteiger partial charge in [0, 0.05) is 0 Å². The Labute approximate surface area is 80.7 Å². The van der Waals surface area contributed by atoms with Crippen molar-refractivity contribution in [2.45, 2.75) is 40.0 Å². The van der Waals surface area contributed by atoms with Crippen LogP contribution in [0.5, 0.6) is 0 Å². The first-order valence-corrected chi connectivity index (χ1v) is 4.69. The van der Waals surface area contributed by atoms with E-state index in [1.54, 1.807) is 0 Å². The molecule has 1 N–H and O–H groups in total. The summed E-state index contributed by atoms with van der Waals surface area (Å²) in [5.41, 5.74) is 2.67. The van der Waals surface area contributed by atoms with Crippen molar-refractivity contribution in [1.82, 2.24) is 0 Å². The number of rotatable bonds is 5. The second-order valence-corrected chi connectivity index (χ2v) is 3.22. The third kappa shape index (κ3) is 7.32. The molecule has 13 heavy (non-hydrogen) atoms. The Morgan fingerprint density at radius 2 is 2.00 bits per heavy atom. The number of hydrogen-bond donors (Lipinski definition) is 1. The number of oxime groups is 1. The molecular formula is C11H19NO. The van der Waals surface area contributed by atoms with Gasteiger partial charge in [-0.05, 0) is 39.2 Å². The molecule has 0 aromatic heterocycles. The molecule has 0 fully saturated rings. The van der Waals surface area contributed by atoms with Crippen molar-refractivity contribution in [1.29, 1.82) is 0 Å². The summed E-state index contributed by atoms with van der Waals surface area (Å²) in [5, 5.41) is 11.1. The van der Waals surface area contributed by atoms with Crippen LogP contribution in [0.3, 0.4) is 0 Å². The highest BCUT2D eigenvalue weighted by Gasteiger charge is 1.88. The van der Waals surface area contributed by atoms with Gasteiger partial charge in [0.2, 0.25) is 0 Å². The van der Waals surface area contributed by atoms with Crippen molar-refractivity contribution in [2.75, 3.05) is 0 Å². The summed E-state index contributed by atoms with van der Waals surface area (Å²) >= 11 is 0. The van der Waals surface area contributed by atoms with E-state index in [1.165, 1.54) is 17.4 Å². The van der Waals surface area contributed by atoms with Crippen LogP contribution in [0.1, 0.15) is 40.0 Å². The van der Waals surface area contributed by atoms with Gasteiger partial charge in [0.25, 0.3) is 0 Å². The topological polar surface area (TPSA) is 32.6 Å². The molecule has 0 rings (SSSR count). The predicted molar refractivity (Wildman–Crippen MR) is 57.3 cm³/mol. The van der Waals surface area contributed by atoms with Crippen LogP contribution >= 0.6 is 0 Å². The van der Waals surface area contributed by atoms with Gasteiger partial charge >= 0.3 is 0 Å². The van der Waals surface area contributed by atoms with Crippen LogP contribution in [0.25, 0.3) is 0 Å². The lowest BCUT2D eigenvalue weighted by molar-refractivity contribution is 0.322. The molecule has 0 aliphatic rings. The second-order valence-electron chi connectivity index (χ2n) is 3.22. The van der Waals surface area contributed by atoms with Gasteiger partial charge in [0.05, 0.1) is 6.21 Å². The molecule has 74 valence electrons. The summed E-state index contributed by atoms with van der Waals surface area (Å²) in [4.78, 5) is 0. The highest BCUT2D eigenvalue weighted by Crippen LogP contribution is 2.07. The van der Waals surface area contributed by atoms with Crippen molar-refractivity contribution in [3.05, 3.63) is 23.3 Å². The van der Waals surface area contributed by atoms with E-state index < -0.39 is 0 Å². The molecule has 2 heteroatoms. The van der Waals surface area contributed by atoms with Gasteiger partial charge in [0.15, 0.2) is 0 Å². The van der Waals surface area contributed by atoms with E-state index in [-0.39, 0.29) is 0 Å². The van der Waals surface area contributed by atoms with E-state index in [0.717, 1.165) is 19.3 Å². The van der Waals surface area contributed by atoms with Crippen LogP contribution in [0.15, 0.2) is 28.5 Å². The standard InChI is InChI=1S/C11H19NO/c1-4-10(2)6-5-7-11(3)8-9-12-13/h6,8-9,13H,4-5,7H2,1-3H3/b10-6+,11-8+,12-9-. The summed E-state index contributed by atoms with van der Waals surface area (Å²) in [5.74, 6) is 0. The number of hydrogen-bond acceptors (Lipinski definition) is 2. The van der Waals surface area contributed by atoms with Gasteiger partial charge < -0.3 is 5.21 Å². The zero-order chi connectivity index (χ0) is 10.1. The Morgan fingerprint density at radius 3 is 2.54 bits per heavy atom. The SMILES string of the molecule is CC/C(C)=C/CC/C(C)=C/C=N\O. The average molecular weight is 181 g/mol. The molecule has 2 nitrogen and oxygen atoms in total. The monoisotopic (exact) mass is 181 g/mol. The van der Waals surface area contributed by atoms with E-state index in [1.807, 2.05) is 13.0 Å². The van der Waals surface area contributed by atoms with Gasteiger partial charge in [-0.3, -0.25) is 0 Å². The smallest absolute Gasteiger partial charge is 0.0660 e. The van der Waals surface area contributed by atoms with Crippen molar-refractivity contribution >= 4 is 6.21 Å². The zero-order valence-electron chi connectivity index (χ0n) is 8.75. The first kappa shape index (κ1) is 11.9. The largest absolute Gasteiger partial charge is 0.411 e. The molecule has 0 unspecified atom stereocenters. The lowest BCUT2D eigenvalue weighted by atomic mass is 10.1. The van der Waals surface area contributed by atoms with Gasteiger partial charge in [-0.1, -0.05) is 29.3 Å². The van der Waals surface area contributed by atoms with Gasteiger partial charge in [-0.25, -0.2) is 0 Å². The molecular weight excluding hydrogens is 162 g/mol. The molecule has 0 radical (unpaired) electrons. The fourth-order valence-corrected chi connectivity index (χ4v) is 0.934. The van der Waals surface area contributed by atoms with E-state index in [2.05, 4.69) is 25.1 Å². The first-order chi connectivity index (χ1) is 6.20. The summed E-state index contributed by atoms with van der Waals surface area (Å²) in [7, 11) is 0. The number of allylic oxidation sites excluding steroid dienone is 4. The fourth-order valence-electron chi connectivity index (χ4n) is 0.934. The lowest BCUT2D eigenvalue weighted by Gasteiger charge is -1.97. The minimum Gasteiger partial charge on any atom is -0.411 e. The minimum atomic E-state index is 1.03. The summed E-state index contributed by atoms with van der Waals surface area (Å²) in [6.45, 7) is 6.35. The molecule has 0 aliphatic carbocycles. The molecule has 0 bridgehead atoms. The Hall–Kier alpha value is -1.05. The predicted octanol–water partition coefficient (Wildman–Crippen LogP) is 3.53. The quantitative estimate of drug-likeness (QED) is 0.299. The van der Waals surface area contributed by atoms with Crippen LogP contribution in [0.4, 0.5) is 0 Å². The van der Waals surface area contributed by atoms with Gasteiger partial charge in [-0.2, -0.15) is 0 Å². The van der Waals surface area contributed by atoms with E-state index in [4.69, 9.17) is 5.21 Å². The van der Waals surface area contributed by atoms with E-state index in [9.17, 15) is 0 Å². The van der Waals surface area contributed by atoms with Crippen LogP contribution in [0, 0.1) is 0 Å². The highest BCUT2D eigenvalue weighted by atomic mass is 16.4. The molecule has 0 saturated heterocycles. The third-order valence-electron chi connectivity index (χ3n) is 2.01. The Balaban J connectivity index is 3.76. The lowest BCUT2D eigenvalue weighted by Crippen LogP contribution is -1.79. The van der Waals surface area contributed by atoms with Crippen LogP contribution < -0.4 is 0 Å². The van der Waals surface area contributed by atoms with Crippen molar-refractivity contribution in [3.8, 4) is 0 Å². The van der Waals surface area contributed by atoms with Crippen molar-refractivity contribution in [2.24, 2.45) is 5.16 Å². The van der Waals surface area contributed by atoms with Gasteiger partial charge in [0.1, 0.15) is 0 Å². The summed E-state index contributed by atoms with van der Waals surface area (Å²) in [6.07, 6.45) is 8.72. The van der Waals surface area contributed by atoms with Crippen molar-refractivity contribution < 1.29 is 5.21 Å². The normalized spacial score (nSPS) is 14.1. The van der Waals surface area contributed by atoms with Crippen LogP contribution in [-0.2, 0) is 0 Å². The van der Waals surface area contributed by atoms with Crippen LogP contribution in [-0.4, -0.2) is 11.4 Å². The molecule has 0 saturated carbocycles. The highest BCUT2D eigenvalue weighted by molar-refractivity contribution is 5.71. The van der Waals surface area contributed by atoms with Gasteiger partial charge in [-0.15, -0.1) is 0 Å². The number of nitrogens with zero attached hydrogens (tertiary/aromatic N) is 1. The zero-order valence-corrected chi connectivity index (χ0v) is 8.75. The molecule has 0 amide bonds. The summed E-state index contributed by atoms with van der Waals surface area (Å²) < 4.78 is 0. The second kappa shape index (κ2) is 7.59. The first-order valence-electron chi connectivity index (χ1n) is 4.69. The Morgan fingerprint density at radius 1 is 1.31 bits per heavy atom. The fraction of sp³-hybridized carbons (Fsp3) is 0.545. The third-order valence-corrected chi connectivity index (χ3v) is 2.01. The molecule has 0 aromatic rings. The molecule has 0 atom stereocenters. The Kier molecular flexibility index (Phi) is 6.98. The molecule has 0 spiro atoms. The minimum absolute atomic E-state index is 1.03. The molecule has 0 heterocycles. The average Bonchev–Trinajstić information content (AvgIpc) is 2.14. The maximum Gasteiger partial charge on any atom is 0.0660 e. The maximum atomic E-state index is 8.18. The molecule has 0 aliphatic heterocycles. The Bertz CT molecular complexity index is 214. The van der Waals surface area contributed by atoms with Crippen LogP contribution in [0.2, 0.25) is 0 Å². The molecule has 0 aromatic carbocycles. The van der Waals surface area contributed by atoms with E-state index >= 15 is 0 Å². The van der Waals surface area contributed by atoms with E-state index in [0.29, 0.717) is 0 Å². The summed E-state index contributed by atoms with van der Waals surface area (Å²) in [6, 6.07) is 0. The van der Waals surface area contributed by atoms with Crippen molar-refractivity contribution in [3.63, 3.8) is 0 Å².